The van der Waals surface area contributed by atoms with E-state index in [1.807, 2.05) is 16.3 Å². The van der Waals surface area contributed by atoms with Crippen LogP contribution in [0, 0.1) is 0 Å². The van der Waals surface area contributed by atoms with Crippen molar-refractivity contribution in [1.82, 2.24) is 14.9 Å². The second-order valence-corrected chi connectivity index (χ2v) is 5.91. The number of amides is 1. The zero-order valence-corrected chi connectivity index (χ0v) is 15.1. The number of halogens is 1. The topological polar surface area (TPSA) is 67.8 Å². The predicted octanol–water partition coefficient (Wildman–Crippen LogP) is 1.94. The first-order valence-corrected chi connectivity index (χ1v) is 8.13. The number of ether oxygens (including phenoxy) is 2. The molecule has 0 aliphatic carbocycles. The van der Waals surface area contributed by atoms with Crippen LogP contribution in [-0.2, 0) is 0 Å². The number of piperazine rings is 1. The quantitative estimate of drug-likeness (QED) is 0.819. The van der Waals surface area contributed by atoms with Gasteiger partial charge in [0.25, 0.3) is 5.91 Å². The largest absolute Gasteiger partial charge is 0.495 e. The van der Waals surface area contributed by atoms with Crippen molar-refractivity contribution in [3.8, 4) is 11.6 Å². The maximum absolute atomic E-state index is 12.6. The molecule has 0 aromatic carbocycles. The molecule has 0 N–H and O–H groups in total. The minimum atomic E-state index is 0. The molecule has 0 spiro atoms. The van der Waals surface area contributed by atoms with Crippen LogP contribution < -0.4 is 14.4 Å². The zero-order chi connectivity index (χ0) is 16.2. The van der Waals surface area contributed by atoms with Gasteiger partial charge < -0.3 is 19.3 Å². The summed E-state index contributed by atoms with van der Waals surface area (Å²) < 4.78 is 10.4. The van der Waals surface area contributed by atoms with Crippen LogP contribution in [0.2, 0.25) is 0 Å². The minimum absolute atomic E-state index is 0. The number of nitrogens with zero attached hydrogens (tertiary/aromatic N) is 4. The summed E-state index contributed by atoms with van der Waals surface area (Å²) in [5.41, 5.74) is 0. The second-order valence-electron chi connectivity index (χ2n) is 5.00. The summed E-state index contributed by atoms with van der Waals surface area (Å²) >= 11 is 1.41. The third kappa shape index (κ3) is 3.70. The predicted molar refractivity (Wildman–Crippen MR) is 94.8 cm³/mol. The van der Waals surface area contributed by atoms with Crippen LogP contribution in [0.5, 0.6) is 11.6 Å². The fraction of sp³-hybridized carbons (Fsp3) is 0.400. The van der Waals surface area contributed by atoms with Gasteiger partial charge in [-0.3, -0.25) is 4.79 Å². The number of rotatable bonds is 4. The summed E-state index contributed by atoms with van der Waals surface area (Å²) in [7, 11) is 3.16. The number of anilines is 1. The zero-order valence-electron chi connectivity index (χ0n) is 13.5. The van der Waals surface area contributed by atoms with E-state index in [1.165, 1.54) is 11.3 Å². The average Bonchev–Trinajstić information content (AvgIpc) is 3.10. The number of thiophene rings is 1. The van der Waals surface area contributed by atoms with E-state index in [-0.39, 0.29) is 18.3 Å². The molecule has 7 nitrogen and oxygen atoms in total. The number of hydrogen-bond donors (Lipinski definition) is 0. The van der Waals surface area contributed by atoms with Gasteiger partial charge in [0.2, 0.25) is 11.8 Å². The Morgan fingerprint density at radius 2 is 1.92 bits per heavy atom. The number of carbonyl (C=O) groups is 1. The van der Waals surface area contributed by atoms with Gasteiger partial charge in [-0.15, -0.1) is 23.7 Å². The highest BCUT2D eigenvalue weighted by Crippen LogP contribution is 2.26. The molecule has 1 aliphatic heterocycles. The van der Waals surface area contributed by atoms with Crippen molar-refractivity contribution in [3.05, 3.63) is 28.6 Å². The molecule has 0 saturated carbocycles. The first-order chi connectivity index (χ1) is 11.2. The number of aromatic nitrogens is 2. The van der Waals surface area contributed by atoms with E-state index in [9.17, 15) is 4.79 Å². The van der Waals surface area contributed by atoms with Crippen molar-refractivity contribution in [2.45, 2.75) is 0 Å². The molecule has 1 saturated heterocycles. The van der Waals surface area contributed by atoms with Gasteiger partial charge in [0, 0.05) is 38.4 Å². The SMILES string of the molecule is COc1ccnc(N2CCN(C(=O)c3sccc3OC)CC2)n1.Cl. The average molecular weight is 371 g/mol. The first-order valence-electron chi connectivity index (χ1n) is 7.25. The Labute approximate surface area is 150 Å². The molecule has 1 amide bonds. The molecule has 0 bridgehead atoms. The highest BCUT2D eigenvalue weighted by atomic mass is 35.5. The van der Waals surface area contributed by atoms with Gasteiger partial charge >= 0.3 is 0 Å². The number of methoxy groups -OCH3 is 2. The minimum Gasteiger partial charge on any atom is -0.495 e. The summed E-state index contributed by atoms with van der Waals surface area (Å²) in [5, 5.41) is 1.87. The fourth-order valence-electron chi connectivity index (χ4n) is 2.47. The monoisotopic (exact) mass is 370 g/mol. The van der Waals surface area contributed by atoms with E-state index in [1.54, 1.807) is 26.5 Å². The lowest BCUT2D eigenvalue weighted by Gasteiger charge is -2.34. The summed E-state index contributed by atoms with van der Waals surface area (Å²) in [6.45, 7) is 2.63. The molecule has 1 fully saturated rings. The molecule has 24 heavy (non-hydrogen) atoms. The van der Waals surface area contributed by atoms with Crippen LogP contribution in [0.3, 0.4) is 0 Å². The molecule has 3 rings (SSSR count). The van der Waals surface area contributed by atoms with Gasteiger partial charge in [0.15, 0.2) is 0 Å². The summed E-state index contributed by atoms with van der Waals surface area (Å²) in [6, 6.07) is 3.53. The van der Waals surface area contributed by atoms with Crippen LogP contribution in [0.25, 0.3) is 0 Å². The number of hydrogen-bond acceptors (Lipinski definition) is 7. The summed E-state index contributed by atoms with van der Waals surface area (Å²) in [6.07, 6.45) is 1.68. The smallest absolute Gasteiger partial charge is 0.267 e. The molecule has 1 aliphatic rings. The maximum atomic E-state index is 12.6. The molecule has 2 aromatic rings. The number of carbonyl (C=O) groups excluding carboxylic acids is 1. The third-order valence-electron chi connectivity index (χ3n) is 3.72. The molecule has 0 unspecified atom stereocenters. The normalized spacial score (nSPS) is 14.1. The van der Waals surface area contributed by atoms with Gasteiger partial charge in [-0.25, -0.2) is 4.98 Å². The molecule has 0 atom stereocenters. The van der Waals surface area contributed by atoms with Crippen molar-refractivity contribution in [1.29, 1.82) is 0 Å². The standard InChI is InChI=1S/C15H18N4O3S.ClH/c1-21-11-4-10-23-13(11)14(20)18-6-8-19(9-7-18)15-16-5-3-12(17-15)22-2;/h3-5,10H,6-9H2,1-2H3;1H. The Kier molecular flexibility index (Phi) is 6.22. The molecule has 130 valence electrons. The first kappa shape index (κ1) is 18.3. The summed E-state index contributed by atoms with van der Waals surface area (Å²) in [4.78, 5) is 25.7. The van der Waals surface area contributed by atoms with Crippen LogP contribution >= 0.6 is 23.7 Å². The van der Waals surface area contributed by atoms with Gasteiger partial charge in [0.05, 0.1) is 14.2 Å². The Morgan fingerprint density at radius 1 is 1.17 bits per heavy atom. The van der Waals surface area contributed by atoms with Crippen molar-refractivity contribution in [3.63, 3.8) is 0 Å². The highest BCUT2D eigenvalue weighted by molar-refractivity contribution is 7.12. The molecular formula is C15H19ClN4O3S. The van der Waals surface area contributed by atoms with Crippen LogP contribution in [0.1, 0.15) is 9.67 Å². The van der Waals surface area contributed by atoms with E-state index >= 15 is 0 Å². The molecule has 0 radical (unpaired) electrons. The van der Waals surface area contributed by atoms with Crippen LogP contribution in [-0.4, -0.2) is 61.2 Å². The van der Waals surface area contributed by atoms with E-state index < -0.39 is 0 Å². The van der Waals surface area contributed by atoms with Crippen molar-refractivity contribution in [2.75, 3.05) is 45.3 Å². The maximum Gasteiger partial charge on any atom is 0.267 e. The van der Waals surface area contributed by atoms with E-state index in [0.717, 1.165) is 0 Å². The highest BCUT2D eigenvalue weighted by Gasteiger charge is 2.26. The fourth-order valence-corrected chi connectivity index (χ4v) is 3.29. The lowest BCUT2D eigenvalue weighted by Crippen LogP contribution is -2.49. The third-order valence-corrected chi connectivity index (χ3v) is 4.60. The molecule has 3 heterocycles. The Balaban J connectivity index is 0.00000208. The molecule has 2 aromatic heterocycles. The van der Waals surface area contributed by atoms with E-state index in [4.69, 9.17) is 9.47 Å². The molecule has 9 heteroatoms. The second kappa shape index (κ2) is 8.16. The van der Waals surface area contributed by atoms with E-state index in [2.05, 4.69) is 14.9 Å². The van der Waals surface area contributed by atoms with Gasteiger partial charge in [0.1, 0.15) is 10.6 Å². The van der Waals surface area contributed by atoms with E-state index in [0.29, 0.717) is 48.6 Å². The van der Waals surface area contributed by atoms with Gasteiger partial charge in [-0.1, -0.05) is 0 Å². The van der Waals surface area contributed by atoms with Crippen molar-refractivity contribution in [2.24, 2.45) is 0 Å². The lowest BCUT2D eigenvalue weighted by molar-refractivity contribution is 0.0748. The van der Waals surface area contributed by atoms with Crippen LogP contribution in [0.15, 0.2) is 23.7 Å². The molecular weight excluding hydrogens is 352 g/mol. The van der Waals surface area contributed by atoms with Crippen LogP contribution in [0.4, 0.5) is 5.95 Å². The van der Waals surface area contributed by atoms with Crippen molar-refractivity contribution < 1.29 is 14.3 Å². The Bertz CT molecular complexity index is 689. The van der Waals surface area contributed by atoms with Gasteiger partial charge in [-0.05, 0) is 11.4 Å². The lowest BCUT2D eigenvalue weighted by atomic mass is 10.3. The van der Waals surface area contributed by atoms with Crippen molar-refractivity contribution >= 4 is 35.6 Å². The van der Waals surface area contributed by atoms with Gasteiger partial charge in [-0.2, -0.15) is 4.98 Å². The summed E-state index contributed by atoms with van der Waals surface area (Å²) in [5.74, 6) is 1.82. The Morgan fingerprint density at radius 3 is 2.58 bits per heavy atom. The Hall–Kier alpha value is -2.06.